The maximum Gasteiger partial charge on any atom is 0.159 e. The average Bonchev–Trinajstić information content (AvgIpc) is 3.93. The molecule has 0 saturated heterocycles. The fraction of sp³-hybridized carbons (Fsp3) is 0.188. The number of para-hydroxylation sites is 2. The van der Waals surface area contributed by atoms with Crippen molar-refractivity contribution in [2.75, 3.05) is 9.80 Å². The molecule has 0 atom stereocenters. The lowest BCUT2D eigenvalue weighted by Gasteiger charge is -2.32. The fourth-order valence-corrected chi connectivity index (χ4v) is 14.7. The SMILES string of the molecule is CC(C)c1cc(N(c2ccc([Si](C)(C)C)cc2)c2cccc3c2oc2ccccc23)c2ccc3c(C(C)C)cc(N(c4ccc([Si](C)(C)C)cc4)c4cccc5c4sc4ccccc45)c4ccc1c2c34. The monoisotopic (exact) mass is 960 g/mol. The van der Waals surface area contributed by atoms with Gasteiger partial charge in [-0.15, -0.1) is 11.3 Å². The zero-order valence-corrected chi connectivity index (χ0v) is 44.8. The Balaban J connectivity index is 1.20. The van der Waals surface area contributed by atoms with Crippen molar-refractivity contribution in [2.45, 2.75) is 78.8 Å². The van der Waals surface area contributed by atoms with E-state index >= 15 is 0 Å². The van der Waals surface area contributed by atoms with Crippen LogP contribution in [0.1, 0.15) is 50.7 Å². The highest BCUT2D eigenvalue weighted by molar-refractivity contribution is 7.26. The van der Waals surface area contributed by atoms with Crippen molar-refractivity contribution < 1.29 is 4.42 Å². The number of benzene rings is 10. The van der Waals surface area contributed by atoms with Crippen LogP contribution >= 0.6 is 11.3 Å². The Morgan fingerprint density at radius 1 is 0.400 bits per heavy atom. The lowest BCUT2D eigenvalue weighted by Crippen LogP contribution is -2.37. The molecule has 0 aliphatic rings. The van der Waals surface area contributed by atoms with Gasteiger partial charge >= 0.3 is 0 Å². The molecule has 6 heteroatoms. The summed E-state index contributed by atoms with van der Waals surface area (Å²) in [4.78, 5) is 5.08. The van der Waals surface area contributed by atoms with Crippen LogP contribution in [0.25, 0.3) is 74.4 Å². The van der Waals surface area contributed by atoms with E-state index in [0.29, 0.717) is 0 Å². The summed E-state index contributed by atoms with van der Waals surface area (Å²) < 4.78 is 9.50. The molecule has 0 unspecified atom stereocenters. The van der Waals surface area contributed by atoms with Crippen LogP contribution in [0.15, 0.2) is 174 Å². The first-order chi connectivity index (χ1) is 33.7. The van der Waals surface area contributed by atoms with Gasteiger partial charge in [-0.25, -0.2) is 0 Å². The molecule has 0 saturated carbocycles. The standard InChI is InChI=1S/C64H60N2OSSi2/c1-39(2)53-37-57(65(41-25-29-43(30-26-41)69(5,6)7)55-21-15-19-49-45-17-11-13-23-59(45)67-63(49)55)51-35-33-48-54(40(3)4)38-58(52-36-34-47(53)61(51)62(48)52)66(42-27-31-44(32-28-42)70(8,9)10)56-22-16-20-50-46-18-12-14-24-60(46)68-64(50)56/h11-40H,1-10H3. The van der Waals surface area contributed by atoms with Crippen molar-refractivity contribution in [3.05, 3.63) is 181 Å². The largest absolute Gasteiger partial charge is 0.454 e. The molecular weight excluding hydrogens is 901 g/mol. The van der Waals surface area contributed by atoms with Crippen molar-refractivity contribution in [1.82, 2.24) is 0 Å². The molecule has 346 valence electrons. The molecule has 12 aromatic rings. The fourth-order valence-electron chi connectivity index (χ4n) is 11.2. The van der Waals surface area contributed by atoms with Crippen molar-refractivity contribution in [1.29, 1.82) is 0 Å². The number of anilines is 6. The number of fused-ring (bicyclic) bond motifs is 6. The van der Waals surface area contributed by atoms with Gasteiger partial charge in [0, 0.05) is 48.4 Å². The molecule has 0 spiro atoms. The third kappa shape index (κ3) is 7.09. The van der Waals surface area contributed by atoms with Gasteiger partial charge in [0.15, 0.2) is 5.58 Å². The van der Waals surface area contributed by atoms with Gasteiger partial charge in [-0.2, -0.15) is 0 Å². The second kappa shape index (κ2) is 16.4. The normalized spacial score (nSPS) is 12.7. The predicted octanol–water partition coefficient (Wildman–Crippen LogP) is 19.1. The van der Waals surface area contributed by atoms with Crippen LogP contribution in [-0.2, 0) is 0 Å². The molecule has 12 rings (SSSR count). The Kier molecular flexibility index (Phi) is 10.5. The summed E-state index contributed by atoms with van der Waals surface area (Å²) in [7, 11) is -3.15. The number of hydrogen-bond acceptors (Lipinski definition) is 4. The van der Waals surface area contributed by atoms with Gasteiger partial charge in [0.05, 0.1) is 43.6 Å². The smallest absolute Gasteiger partial charge is 0.159 e. The lowest BCUT2D eigenvalue weighted by atomic mass is 9.84. The van der Waals surface area contributed by atoms with Crippen LogP contribution in [0.3, 0.4) is 0 Å². The summed E-state index contributed by atoms with van der Waals surface area (Å²) in [6.45, 7) is 24.0. The predicted molar refractivity (Wildman–Crippen MR) is 314 cm³/mol. The first-order valence-corrected chi connectivity index (χ1v) is 32.9. The van der Waals surface area contributed by atoms with E-state index in [4.69, 9.17) is 4.42 Å². The van der Waals surface area contributed by atoms with Crippen LogP contribution in [0.2, 0.25) is 39.3 Å². The van der Waals surface area contributed by atoms with Gasteiger partial charge in [0.25, 0.3) is 0 Å². The minimum absolute atomic E-state index is 0.261. The van der Waals surface area contributed by atoms with Crippen molar-refractivity contribution >= 4 is 146 Å². The number of rotatable bonds is 10. The molecule has 10 aromatic carbocycles. The van der Waals surface area contributed by atoms with Crippen LogP contribution in [0.5, 0.6) is 0 Å². The Labute approximate surface area is 418 Å². The second-order valence-corrected chi connectivity index (χ2v) is 33.3. The molecule has 0 amide bonds. The van der Waals surface area contributed by atoms with Gasteiger partial charge in [0.1, 0.15) is 5.58 Å². The van der Waals surface area contributed by atoms with E-state index in [-0.39, 0.29) is 11.8 Å². The van der Waals surface area contributed by atoms with E-state index in [1.165, 1.54) is 91.1 Å². The molecule has 0 N–H and O–H groups in total. The Morgan fingerprint density at radius 2 is 0.857 bits per heavy atom. The quantitative estimate of drug-likeness (QED) is 0.101. The molecule has 70 heavy (non-hydrogen) atoms. The summed E-state index contributed by atoms with van der Waals surface area (Å²) in [5.74, 6) is 0.535. The molecule has 0 radical (unpaired) electrons. The van der Waals surface area contributed by atoms with Gasteiger partial charge in [-0.3, -0.25) is 0 Å². The summed E-state index contributed by atoms with van der Waals surface area (Å²) in [5, 5.41) is 15.5. The number of thiophene rings is 1. The van der Waals surface area contributed by atoms with Crippen LogP contribution in [-0.4, -0.2) is 16.1 Å². The van der Waals surface area contributed by atoms with E-state index in [2.05, 4.69) is 247 Å². The lowest BCUT2D eigenvalue weighted by molar-refractivity contribution is 0.669. The minimum atomic E-state index is -1.58. The Morgan fingerprint density at radius 3 is 1.40 bits per heavy atom. The van der Waals surface area contributed by atoms with Gasteiger partial charge in [-0.1, -0.05) is 187 Å². The van der Waals surface area contributed by atoms with Gasteiger partial charge < -0.3 is 14.2 Å². The number of hydrogen-bond donors (Lipinski definition) is 0. The summed E-state index contributed by atoms with van der Waals surface area (Å²) >= 11 is 1.90. The average molecular weight is 961 g/mol. The molecule has 0 bridgehead atoms. The highest BCUT2D eigenvalue weighted by Gasteiger charge is 2.29. The van der Waals surface area contributed by atoms with Crippen molar-refractivity contribution in [3.8, 4) is 0 Å². The highest BCUT2D eigenvalue weighted by Crippen LogP contribution is 2.53. The molecule has 2 heterocycles. The highest BCUT2D eigenvalue weighted by atomic mass is 32.1. The zero-order valence-electron chi connectivity index (χ0n) is 42.0. The first-order valence-electron chi connectivity index (χ1n) is 25.1. The van der Waals surface area contributed by atoms with Crippen LogP contribution in [0.4, 0.5) is 34.1 Å². The van der Waals surface area contributed by atoms with E-state index in [0.717, 1.165) is 39.0 Å². The van der Waals surface area contributed by atoms with E-state index in [1.54, 1.807) is 0 Å². The van der Waals surface area contributed by atoms with Gasteiger partial charge in [0.2, 0.25) is 0 Å². The molecule has 0 aliphatic heterocycles. The van der Waals surface area contributed by atoms with Crippen molar-refractivity contribution in [3.63, 3.8) is 0 Å². The summed E-state index contributed by atoms with van der Waals surface area (Å²) in [6.07, 6.45) is 0. The third-order valence-electron chi connectivity index (χ3n) is 14.9. The molecular formula is C64H60N2OSSi2. The van der Waals surface area contributed by atoms with E-state index in [1.807, 2.05) is 11.3 Å². The van der Waals surface area contributed by atoms with E-state index in [9.17, 15) is 0 Å². The first kappa shape index (κ1) is 44.5. The van der Waals surface area contributed by atoms with Crippen molar-refractivity contribution in [2.24, 2.45) is 0 Å². The second-order valence-electron chi connectivity index (χ2n) is 22.1. The Bertz CT molecular complexity index is 3720. The minimum Gasteiger partial charge on any atom is -0.454 e. The van der Waals surface area contributed by atoms with Crippen LogP contribution in [0, 0.1) is 0 Å². The maximum atomic E-state index is 6.89. The number of nitrogens with zero attached hydrogens (tertiary/aromatic N) is 2. The number of furan rings is 1. The third-order valence-corrected chi connectivity index (χ3v) is 20.2. The molecule has 3 nitrogen and oxygen atoms in total. The zero-order chi connectivity index (χ0) is 48.4. The Hall–Kier alpha value is -6.71. The maximum absolute atomic E-state index is 6.89. The molecule has 2 aromatic heterocycles. The summed E-state index contributed by atoms with van der Waals surface area (Å²) in [5.41, 5.74) is 11.4. The molecule has 0 aliphatic carbocycles. The van der Waals surface area contributed by atoms with Crippen LogP contribution < -0.4 is 20.2 Å². The topological polar surface area (TPSA) is 19.6 Å². The molecule has 0 fully saturated rings. The summed E-state index contributed by atoms with van der Waals surface area (Å²) in [6, 6.07) is 64.6. The van der Waals surface area contributed by atoms with E-state index < -0.39 is 16.1 Å². The van der Waals surface area contributed by atoms with Gasteiger partial charge in [-0.05, 0) is 105 Å².